The second-order valence-corrected chi connectivity index (χ2v) is 11.5. The molecule has 2 aromatic rings. The molecule has 0 saturated heterocycles. The molecular formula is C31H41N3O7. The Bertz CT molecular complexity index is 1180. The van der Waals surface area contributed by atoms with E-state index in [1.807, 2.05) is 51.1 Å². The van der Waals surface area contributed by atoms with Crippen LogP contribution in [-0.4, -0.2) is 76.9 Å². The Morgan fingerprint density at radius 3 is 2.07 bits per heavy atom. The number of aldehydes is 1. The number of hydrogen-bond donors (Lipinski definition) is 2. The maximum Gasteiger partial charge on any atom is 0.411 e. The van der Waals surface area contributed by atoms with Crippen LogP contribution in [0.1, 0.15) is 52.7 Å². The van der Waals surface area contributed by atoms with E-state index in [0.29, 0.717) is 12.0 Å². The summed E-state index contributed by atoms with van der Waals surface area (Å²) in [6, 6.07) is 14.1. The lowest BCUT2D eigenvalue weighted by molar-refractivity contribution is -0.138. The fraction of sp³-hybridized carbons (Fsp3) is 0.452. The van der Waals surface area contributed by atoms with Gasteiger partial charge in [0, 0.05) is 19.1 Å². The van der Waals surface area contributed by atoms with Crippen LogP contribution in [0, 0.1) is 0 Å². The third kappa shape index (κ3) is 12.2. The molecular weight excluding hydrogens is 526 g/mol. The molecule has 0 saturated carbocycles. The number of amides is 2. The predicted molar refractivity (Wildman–Crippen MR) is 156 cm³/mol. The van der Waals surface area contributed by atoms with E-state index in [1.165, 1.54) is 6.21 Å². The maximum absolute atomic E-state index is 13.4. The molecule has 0 heterocycles. The number of carboxylic acid groups (broad SMARTS) is 1. The molecule has 2 amide bonds. The Hall–Kier alpha value is -4.21. The fourth-order valence-corrected chi connectivity index (χ4v) is 3.83. The van der Waals surface area contributed by atoms with Crippen LogP contribution in [0.3, 0.4) is 0 Å². The van der Waals surface area contributed by atoms with Gasteiger partial charge in [0.1, 0.15) is 29.3 Å². The van der Waals surface area contributed by atoms with E-state index in [-0.39, 0.29) is 31.5 Å². The van der Waals surface area contributed by atoms with Crippen LogP contribution in [0.4, 0.5) is 4.79 Å². The van der Waals surface area contributed by atoms with Gasteiger partial charge in [-0.2, -0.15) is 0 Å². The van der Waals surface area contributed by atoms with Crippen LogP contribution >= 0.6 is 0 Å². The number of ether oxygens (including phenoxy) is 2. The van der Waals surface area contributed by atoms with Gasteiger partial charge in [0.05, 0.1) is 13.1 Å². The van der Waals surface area contributed by atoms with Gasteiger partial charge in [-0.05, 0) is 64.8 Å². The first kappa shape index (κ1) is 33.0. The molecule has 2 aromatic carbocycles. The van der Waals surface area contributed by atoms with Gasteiger partial charge in [-0.25, -0.2) is 9.59 Å². The van der Waals surface area contributed by atoms with E-state index >= 15 is 0 Å². The second kappa shape index (κ2) is 15.0. The van der Waals surface area contributed by atoms with Crippen molar-refractivity contribution in [2.45, 2.75) is 77.7 Å². The minimum atomic E-state index is -1.09. The molecule has 0 spiro atoms. The van der Waals surface area contributed by atoms with Crippen LogP contribution in [-0.2, 0) is 32.0 Å². The summed E-state index contributed by atoms with van der Waals surface area (Å²) in [7, 11) is 0. The number of aliphatic imine (C=N–C) groups is 1. The lowest BCUT2D eigenvalue weighted by Gasteiger charge is -2.31. The Morgan fingerprint density at radius 2 is 1.54 bits per heavy atom. The molecule has 10 nitrogen and oxygen atoms in total. The number of nitrogens with zero attached hydrogens (tertiary/aromatic N) is 2. The summed E-state index contributed by atoms with van der Waals surface area (Å²) in [5, 5.41) is 12.3. The highest BCUT2D eigenvalue weighted by molar-refractivity contribution is 5.88. The van der Waals surface area contributed by atoms with Gasteiger partial charge >= 0.3 is 12.1 Å². The first-order valence-electron chi connectivity index (χ1n) is 13.5. The topological polar surface area (TPSA) is 135 Å². The van der Waals surface area contributed by atoms with Gasteiger partial charge in [-0.3, -0.25) is 14.7 Å². The number of nitrogens with one attached hydrogen (secondary N) is 1. The summed E-state index contributed by atoms with van der Waals surface area (Å²) in [5.74, 6) is -0.983. The molecule has 0 aromatic heterocycles. The molecule has 0 aliphatic rings. The number of carbonyl (C=O) groups is 4. The van der Waals surface area contributed by atoms with Crippen LogP contribution < -0.4 is 10.1 Å². The van der Waals surface area contributed by atoms with Crippen molar-refractivity contribution in [3.63, 3.8) is 0 Å². The van der Waals surface area contributed by atoms with Gasteiger partial charge in [-0.15, -0.1) is 0 Å². The summed E-state index contributed by atoms with van der Waals surface area (Å²) in [6.45, 7) is 10.4. The Labute approximate surface area is 241 Å². The van der Waals surface area contributed by atoms with Crippen molar-refractivity contribution in [3.05, 3.63) is 65.7 Å². The van der Waals surface area contributed by atoms with Crippen LogP contribution in [0.5, 0.6) is 5.75 Å². The molecule has 0 aliphatic heterocycles. The van der Waals surface area contributed by atoms with Crippen molar-refractivity contribution in [3.8, 4) is 5.75 Å². The Morgan fingerprint density at radius 1 is 0.927 bits per heavy atom. The van der Waals surface area contributed by atoms with E-state index in [1.54, 1.807) is 45.0 Å². The molecule has 10 heteroatoms. The van der Waals surface area contributed by atoms with Gasteiger partial charge in [0.2, 0.25) is 5.91 Å². The number of aliphatic carboxylic acids is 1. The SMILES string of the molecule is CC(C)(C)OC(=O)N(CC=O)[C@@H](Cc1ccc(OC(C)(C)C)cc1)C(=O)NCC=N[C@@H](Cc1ccccc1)C(=O)O. The van der Waals surface area contributed by atoms with E-state index in [4.69, 9.17) is 9.47 Å². The monoisotopic (exact) mass is 567 g/mol. The van der Waals surface area contributed by atoms with Gasteiger partial charge < -0.3 is 24.7 Å². The third-order valence-corrected chi connectivity index (χ3v) is 5.56. The second-order valence-electron chi connectivity index (χ2n) is 11.5. The lowest BCUT2D eigenvalue weighted by Crippen LogP contribution is -2.53. The van der Waals surface area contributed by atoms with Crippen LogP contribution in [0.25, 0.3) is 0 Å². The summed E-state index contributed by atoms with van der Waals surface area (Å²) in [4.78, 5) is 54.8. The first-order chi connectivity index (χ1) is 19.2. The molecule has 41 heavy (non-hydrogen) atoms. The summed E-state index contributed by atoms with van der Waals surface area (Å²) < 4.78 is 11.3. The quantitative estimate of drug-likeness (QED) is 0.275. The number of carbonyl (C=O) groups excluding carboxylic acids is 3. The zero-order chi connectivity index (χ0) is 30.6. The van der Waals surface area contributed by atoms with E-state index in [2.05, 4.69) is 10.3 Å². The van der Waals surface area contributed by atoms with E-state index < -0.39 is 35.7 Å². The van der Waals surface area contributed by atoms with Crippen molar-refractivity contribution < 1.29 is 33.8 Å². The van der Waals surface area contributed by atoms with Crippen LogP contribution in [0.15, 0.2) is 59.6 Å². The molecule has 0 unspecified atom stereocenters. The van der Waals surface area contributed by atoms with Crippen molar-refractivity contribution in [2.75, 3.05) is 13.1 Å². The molecule has 222 valence electrons. The van der Waals surface area contributed by atoms with Crippen molar-refractivity contribution >= 4 is 30.5 Å². The van der Waals surface area contributed by atoms with Crippen molar-refractivity contribution in [2.24, 2.45) is 4.99 Å². The van der Waals surface area contributed by atoms with Crippen molar-refractivity contribution in [1.82, 2.24) is 10.2 Å². The maximum atomic E-state index is 13.4. The molecule has 0 fully saturated rings. The van der Waals surface area contributed by atoms with E-state index in [9.17, 15) is 24.3 Å². The third-order valence-electron chi connectivity index (χ3n) is 5.56. The zero-order valence-electron chi connectivity index (χ0n) is 24.6. The Balaban J connectivity index is 2.22. The van der Waals surface area contributed by atoms with Gasteiger partial charge in [0.25, 0.3) is 0 Å². The molecule has 2 N–H and O–H groups in total. The summed E-state index contributed by atoms with van der Waals surface area (Å²) in [6.07, 6.45) is 1.35. The molecule has 2 atom stereocenters. The fourth-order valence-electron chi connectivity index (χ4n) is 3.83. The average Bonchev–Trinajstić information content (AvgIpc) is 2.87. The number of hydrogen-bond acceptors (Lipinski definition) is 7. The highest BCUT2D eigenvalue weighted by atomic mass is 16.6. The molecule has 0 aliphatic carbocycles. The van der Waals surface area contributed by atoms with Gasteiger partial charge in [0.15, 0.2) is 6.04 Å². The predicted octanol–water partition coefficient (Wildman–Crippen LogP) is 4.09. The smallest absolute Gasteiger partial charge is 0.411 e. The standard InChI is InChI=1S/C31H41N3O7/c1-30(2,3)40-24-14-12-23(13-15-24)21-26(34(18-19-35)29(39)41-31(4,5)6)27(36)33-17-16-32-25(28(37)38)20-22-10-8-7-9-11-22/h7-16,19,25-26H,17-18,20-21H2,1-6H3,(H,33,36)(H,37,38)/t25-,26-/m0/s1. The number of carboxylic acids is 1. The summed E-state index contributed by atoms with van der Waals surface area (Å²) >= 11 is 0. The Kier molecular flexibility index (Phi) is 12.0. The minimum Gasteiger partial charge on any atom is -0.488 e. The molecule has 0 bridgehead atoms. The number of rotatable bonds is 13. The van der Waals surface area contributed by atoms with Crippen LogP contribution in [0.2, 0.25) is 0 Å². The highest BCUT2D eigenvalue weighted by Gasteiger charge is 2.33. The highest BCUT2D eigenvalue weighted by Crippen LogP contribution is 2.21. The largest absolute Gasteiger partial charge is 0.488 e. The van der Waals surface area contributed by atoms with Gasteiger partial charge in [-0.1, -0.05) is 42.5 Å². The van der Waals surface area contributed by atoms with E-state index in [0.717, 1.165) is 16.0 Å². The zero-order valence-corrected chi connectivity index (χ0v) is 24.6. The normalized spacial score (nSPS) is 13.2. The number of benzene rings is 2. The first-order valence-corrected chi connectivity index (χ1v) is 13.5. The van der Waals surface area contributed by atoms with Crippen molar-refractivity contribution in [1.29, 1.82) is 0 Å². The molecule has 2 rings (SSSR count). The minimum absolute atomic E-state index is 0.0739. The lowest BCUT2D eigenvalue weighted by atomic mass is 10.0. The summed E-state index contributed by atoms with van der Waals surface area (Å²) in [5.41, 5.74) is 0.321. The molecule has 0 radical (unpaired) electrons. The average molecular weight is 568 g/mol.